The minimum atomic E-state index is 0. The lowest BCUT2D eigenvalue weighted by atomic mass is 10.0. The van der Waals surface area contributed by atoms with Gasteiger partial charge < -0.3 is 20.3 Å². The van der Waals surface area contributed by atoms with E-state index in [1.807, 2.05) is 0 Å². The van der Waals surface area contributed by atoms with Crippen LogP contribution in [-0.4, -0.2) is 80.7 Å². The molecule has 1 aromatic carbocycles. The van der Waals surface area contributed by atoms with Crippen LogP contribution in [0.3, 0.4) is 0 Å². The van der Waals surface area contributed by atoms with Crippen molar-refractivity contribution in [2.45, 2.75) is 44.4 Å². The summed E-state index contributed by atoms with van der Waals surface area (Å²) >= 11 is 0. The smallest absolute Gasteiger partial charge is 0.243 e. The maximum absolute atomic E-state index is 11.9. The van der Waals surface area contributed by atoms with E-state index in [4.69, 9.17) is 4.74 Å². The number of halogens is 1. The summed E-state index contributed by atoms with van der Waals surface area (Å²) in [6.07, 6.45) is 4.56. The lowest BCUT2D eigenvalue weighted by molar-refractivity contribution is -0.127. The van der Waals surface area contributed by atoms with E-state index >= 15 is 0 Å². The van der Waals surface area contributed by atoms with Crippen LogP contribution in [0.15, 0.2) is 35.3 Å². The molecule has 0 spiro atoms. The molecule has 0 aromatic heterocycles. The number of ether oxygens (including phenoxy) is 1. The molecule has 1 amide bonds. The van der Waals surface area contributed by atoms with Crippen LogP contribution < -0.4 is 10.6 Å². The number of amides is 1. The van der Waals surface area contributed by atoms with Gasteiger partial charge in [0.25, 0.3) is 0 Å². The number of nitrogens with zero attached hydrogens (tertiary/aromatic N) is 3. The van der Waals surface area contributed by atoms with Crippen molar-refractivity contribution < 1.29 is 9.53 Å². The van der Waals surface area contributed by atoms with E-state index in [-0.39, 0.29) is 42.5 Å². The standard InChI is InChI=1S/C22H35N5O2.HI/c1-26(2)21(28)16-24-22(23-15-20-9-6-14-29-20)25-19-10-12-27(13-11-19)17-18-7-4-3-5-8-18;/h3-5,7-8,19-20H,6,9-17H2,1-2H3,(H2,23,24,25);1H. The number of piperidine rings is 1. The van der Waals surface area contributed by atoms with Gasteiger partial charge in [-0.2, -0.15) is 0 Å². The van der Waals surface area contributed by atoms with E-state index in [2.05, 4.69) is 50.9 Å². The Labute approximate surface area is 197 Å². The fraction of sp³-hybridized carbons (Fsp3) is 0.636. The lowest BCUT2D eigenvalue weighted by Gasteiger charge is -2.33. The Morgan fingerprint density at radius 2 is 1.93 bits per heavy atom. The number of carbonyl (C=O) groups is 1. The normalized spacial score (nSPS) is 20.5. The molecule has 2 saturated heterocycles. The van der Waals surface area contributed by atoms with Gasteiger partial charge in [-0.15, -0.1) is 24.0 Å². The van der Waals surface area contributed by atoms with Crippen LogP contribution in [0.5, 0.6) is 0 Å². The van der Waals surface area contributed by atoms with Crippen LogP contribution in [0.1, 0.15) is 31.2 Å². The summed E-state index contributed by atoms with van der Waals surface area (Å²) in [5.41, 5.74) is 1.36. The number of guanidine groups is 1. The van der Waals surface area contributed by atoms with Crippen molar-refractivity contribution in [1.29, 1.82) is 0 Å². The lowest BCUT2D eigenvalue weighted by Crippen LogP contribution is -2.50. The molecule has 168 valence electrons. The molecule has 2 fully saturated rings. The van der Waals surface area contributed by atoms with E-state index in [9.17, 15) is 4.79 Å². The van der Waals surface area contributed by atoms with Crippen molar-refractivity contribution in [2.24, 2.45) is 4.99 Å². The minimum absolute atomic E-state index is 0. The van der Waals surface area contributed by atoms with Gasteiger partial charge >= 0.3 is 0 Å². The van der Waals surface area contributed by atoms with Gasteiger partial charge in [0.1, 0.15) is 6.54 Å². The summed E-state index contributed by atoms with van der Waals surface area (Å²) in [4.78, 5) is 20.5. The highest BCUT2D eigenvalue weighted by atomic mass is 127. The predicted molar refractivity (Wildman–Crippen MR) is 131 cm³/mol. The van der Waals surface area contributed by atoms with Crippen molar-refractivity contribution >= 4 is 35.8 Å². The molecular weight excluding hydrogens is 493 g/mol. The third-order valence-corrected chi connectivity index (χ3v) is 5.57. The van der Waals surface area contributed by atoms with E-state index in [1.54, 1.807) is 19.0 Å². The number of aliphatic imine (C=N–C) groups is 1. The summed E-state index contributed by atoms with van der Waals surface area (Å²) in [7, 11) is 3.51. The first-order chi connectivity index (χ1) is 14.1. The van der Waals surface area contributed by atoms with E-state index in [0.29, 0.717) is 6.04 Å². The second-order valence-electron chi connectivity index (χ2n) is 8.15. The van der Waals surface area contributed by atoms with Crippen molar-refractivity contribution in [3.05, 3.63) is 35.9 Å². The Morgan fingerprint density at radius 3 is 2.57 bits per heavy atom. The molecule has 0 saturated carbocycles. The van der Waals surface area contributed by atoms with Crippen molar-refractivity contribution in [3.63, 3.8) is 0 Å². The molecule has 0 bridgehead atoms. The number of carbonyl (C=O) groups excluding carboxylic acids is 1. The maximum Gasteiger partial charge on any atom is 0.243 e. The molecule has 2 N–H and O–H groups in total. The molecule has 3 rings (SSSR count). The fourth-order valence-corrected chi connectivity index (χ4v) is 3.73. The summed E-state index contributed by atoms with van der Waals surface area (Å²) in [5.74, 6) is 0.720. The summed E-state index contributed by atoms with van der Waals surface area (Å²) < 4.78 is 5.70. The average Bonchev–Trinajstić information content (AvgIpc) is 3.25. The highest BCUT2D eigenvalue weighted by Gasteiger charge is 2.21. The first kappa shape index (κ1) is 24.9. The first-order valence-electron chi connectivity index (χ1n) is 10.7. The van der Waals surface area contributed by atoms with E-state index in [1.165, 1.54) is 5.56 Å². The van der Waals surface area contributed by atoms with Crippen LogP contribution >= 0.6 is 24.0 Å². The highest BCUT2D eigenvalue weighted by molar-refractivity contribution is 14.0. The molecule has 0 radical (unpaired) electrons. The van der Waals surface area contributed by atoms with Gasteiger partial charge in [0.15, 0.2) is 5.96 Å². The molecule has 8 heteroatoms. The highest BCUT2D eigenvalue weighted by Crippen LogP contribution is 2.14. The summed E-state index contributed by atoms with van der Waals surface area (Å²) in [6.45, 7) is 4.84. The second-order valence-corrected chi connectivity index (χ2v) is 8.15. The van der Waals surface area contributed by atoms with E-state index in [0.717, 1.165) is 64.4 Å². The number of hydrogen-bond acceptors (Lipinski definition) is 4. The maximum atomic E-state index is 11.9. The monoisotopic (exact) mass is 529 g/mol. The Bertz CT molecular complexity index is 657. The number of likely N-dealkylation sites (N-methyl/N-ethyl adjacent to an activating group) is 1. The molecule has 1 unspecified atom stereocenters. The third kappa shape index (κ3) is 8.39. The Balaban J connectivity index is 0.00000320. The van der Waals surface area contributed by atoms with E-state index < -0.39 is 0 Å². The Hall–Kier alpha value is -1.39. The number of hydrogen-bond donors (Lipinski definition) is 2. The number of rotatable bonds is 7. The third-order valence-electron chi connectivity index (χ3n) is 5.57. The van der Waals surface area contributed by atoms with Crippen molar-refractivity contribution in [2.75, 3.05) is 46.9 Å². The van der Waals surface area contributed by atoms with Gasteiger partial charge in [0.2, 0.25) is 5.91 Å². The molecule has 30 heavy (non-hydrogen) atoms. The van der Waals surface area contributed by atoms with Gasteiger partial charge in [-0.1, -0.05) is 30.3 Å². The molecule has 1 atom stereocenters. The zero-order chi connectivity index (χ0) is 20.5. The summed E-state index contributed by atoms with van der Waals surface area (Å²) in [5, 5.41) is 6.93. The zero-order valence-corrected chi connectivity index (χ0v) is 20.5. The summed E-state index contributed by atoms with van der Waals surface area (Å²) in [6, 6.07) is 11.0. The van der Waals surface area contributed by atoms with Crippen molar-refractivity contribution in [3.8, 4) is 0 Å². The largest absolute Gasteiger partial charge is 0.376 e. The van der Waals surface area contributed by atoms with Crippen LogP contribution in [0, 0.1) is 0 Å². The van der Waals surface area contributed by atoms with Crippen molar-refractivity contribution in [1.82, 2.24) is 20.4 Å². The van der Waals surface area contributed by atoms with Crippen LogP contribution in [0.25, 0.3) is 0 Å². The minimum Gasteiger partial charge on any atom is -0.376 e. The number of benzene rings is 1. The van der Waals surface area contributed by atoms with Crippen LogP contribution in [0.2, 0.25) is 0 Å². The van der Waals surface area contributed by atoms with Gasteiger partial charge in [-0.3, -0.25) is 9.69 Å². The van der Waals surface area contributed by atoms with Gasteiger partial charge in [0.05, 0.1) is 6.10 Å². The Morgan fingerprint density at radius 1 is 1.20 bits per heavy atom. The molecular formula is C22H36IN5O2. The first-order valence-corrected chi connectivity index (χ1v) is 10.7. The SMILES string of the molecule is CN(C)C(=O)CN=C(NCC1CCCO1)NC1CCN(Cc2ccccc2)CC1.I. The molecule has 2 aliphatic rings. The fourth-order valence-electron chi connectivity index (χ4n) is 3.73. The van der Waals surface area contributed by atoms with Gasteiger partial charge in [-0.25, -0.2) is 4.99 Å². The average molecular weight is 529 g/mol. The zero-order valence-electron chi connectivity index (χ0n) is 18.2. The molecule has 0 aliphatic carbocycles. The van der Waals surface area contributed by atoms with Crippen LogP contribution in [0.4, 0.5) is 0 Å². The van der Waals surface area contributed by atoms with Crippen LogP contribution in [-0.2, 0) is 16.1 Å². The Kier molecular flexibility index (Phi) is 10.9. The number of nitrogens with one attached hydrogen (secondary N) is 2. The number of likely N-dealkylation sites (tertiary alicyclic amines) is 1. The topological polar surface area (TPSA) is 69.2 Å². The molecule has 7 nitrogen and oxygen atoms in total. The molecule has 2 heterocycles. The quantitative estimate of drug-likeness (QED) is 0.322. The van der Waals surface area contributed by atoms with Gasteiger partial charge in [0, 0.05) is 52.9 Å². The molecule has 1 aromatic rings. The molecule has 2 aliphatic heterocycles. The van der Waals surface area contributed by atoms with Gasteiger partial charge in [-0.05, 0) is 31.2 Å². The second kappa shape index (κ2) is 13.1. The predicted octanol–water partition coefficient (Wildman–Crippen LogP) is 2.07.